The van der Waals surface area contributed by atoms with E-state index in [2.05, 4.69) is 15.2 Å². The van der Waals surface area contributed by atoms with E-state index in [1.807, 2.05) is 31.4 Å². The molecule has 2 heterocycles. The number of hydrogen-bond donors (Lipinski definition) is 1. The number of nitrogens with one attached hydrogen (secondary N) is 1. The van der Waals surface area contributed by atoms with Gasteiger partial charge < -0.3 is 10.1 Å². The fraction of sp³-hybridized carbons (Fsp3) is 0.538. The van der Waals surface area contributed by atoms with Crippen molar-refractivity contribution in [1.82, 2.24) is 15.2 Å². The average molecular weight is 265 g/mol. The summed E-state index contributed by atoms with van der Waals surface area (Å²) >= 11 is 5.42. The first-order chi connectivity index (χ1) is 8.81. The number of pyridine rings is 1. The van der Waals surface area contributed by atoms with Crippen molar-refractivity contribution >= 4 is 17.2 Å². The monoisotopic (exact) mass is 265 g/mol. The Balaban J connectivity index is 2.07. The number of thiocarbonyl (C=S) groups is 1. The van der Waals surface area contributed by atoms with Crippen molar-refractivity contribution in [3.63, 3.8) is 0 Å². The smallest absolute Gasteiger partial charge is 0.0855 e. The van der Waals surface area contributed by atoms with Crippen molar-refractivity contribution in [3.8, 4) is 0 Å². The van der Waals surface area contributed by atoms with Gasteiger partial charge in [0, 0.05) is 32.9 Å². The molecular weight excluding hydrogens is 246 g/mol. The van der Waals surface area contributed by atoms with Gasteiger partial charge in [-0.25, -0.2) is 0 Å². The van der Waals surface area contributed by atoms with Crippen molar-refractivity contribution in [2.45, 2.75) is 5.92 Å². The van der Waals surface area contributed by atoms with Crippen LogP contribution in [0.3, 0.4) is 0 Å². The fourth-order valence-electron chi connectivity index (χ4n) is 2.11. The molecular formula is C13H19N3OS. The molecule has 1 aromatic heterocycles. The van der Waals surface area contributed by atoms with Gasteiger partial charge in [-0.15, -0.1) is 0 Å². The third-order valence-corrected chi connectivity index (χ3v) is 3.64. The van der Waals surface area contributed by atoms with Gasteiger partial charge in [-0.3, -0.25) is 9.88 Å². The summed E-state index contributed by atoms with van der Waals surface area (Å²) in [6.07, 6.45) is 1.82. The van der Waals surface area contributed by atoms with Crippen molar-refractivity contribution in [1.29, 1.82) is 0 Å². The number of nitrogens with zero attached hydrogens (tertiary/aromatic N) is 2. The molecule has 1 atom stereocenters. The molecule has 5 heteroatoms. The Morgan fingerprint density at radius 2 is 2.28 bits per heavy atom. The summed E-state index contributed by atoms with van der Waals surface area (Å²) in [6, 6.07) is 5.97. The van der Waals surface area contributed by atoms with Crippen molar-refractivity contribution in [3.05, 3.63) is 30.1 Å². The molecule has 1 aliphatic heterocycles. The normalized spacial score (nSPS) is 18.3. The zero-order chi connectivity index (χ0) is 12.8. The number of rotatable bonds is 4. The molecule has 1 unspecified atom stereocenters. The van der Waals surface area contributed by atoms with Gasteiger partial charge in [-0.2, -0.15) is 0 Å². The van der Waals surface area contributed by atoms with E-state index >= 15 is 0 Å². The zero-order valence-electron chi connectivity index (χ0n) is 10.6. The Morgan fingerprint density at radius 1 is 1.50 bits per heavy atom. The number of likely N-dealkylation sites (N-methyl/N-ethyl adjacent to an activating group) is 1. The van der Waals surface area contributed by atoms with Crippen LogP contribution in [0.2, 0.25) is 0 Å². The van der Waals surface area contributed by atoms with Gasteiger partial charge in [0.25, 0.3) is 0 Å². The minimum Gasteiger partial charge on any atom is -0.382 e. The number of ether oxygens (including phenoxy) is 1. The molecule has 98 valence electrons. The van der Waals surface area contributed by atoms with Crippen LogP contribution in [0.1, 0.15) is 11.6 Å². The highest BCUT2D eigenvalue weighted by Gasteiger charge is 2.22. The molecule has 1 aromatic rings. The standard InChI is InChI=1S/C13H19N3OS/c1-14-13(18)11(12-4-2-3-5-15-12)10-16-6-8-17-9-7-16/h2-5,11H,6-10H2,1H3,(H,14,18). The molecule has 18 heavy (non-hydrogen) atoms. The van der Waals surface area contributed by atoms with Gasteiger partial charge in [-0.05, 0) is 12.1 Å². The van der Waals surface area contributed by atoms with Crippen LogP contribution in [-0.2, 0) is 4.74 Å². The SMILES string of the molecule is CNC(=S)C(CN1CCOCC1)c1ccccn1. The van der Waals surface area contributed by atoms with Crippen LogP contribution in [-0.4, -0.2) is 54.8 Å². The number of morpholine rings is 1. The molecule has 1 N–H and O–H groups in total. The average Bonchev–Trinajstić information content (AvgIpc) is 2.46. The Kier molecular flexibility index (Phi) is 5.04. The highest BCUT2D eigenvalue weighted by atomic mass is 32.1. The Bertz CT molecular complexity index is 379. The van der Waals surface area contributed by atoms with E-state index in [1.54, 1.807) is 0 Å². The van der Waals surface area contributed by atoms with Gasteiger partial charge in [0.05, 0.1) is 29.8 Å². The Labute approximate surface area is 113 Å². The first kappa shape index (κ1) is 13.4. The second kappa shape index (κ2) is 6.78. The van der Waals surface area contributed by atoms with E-state index in [-0.39, 0.29) is 5.92 Å². The lowest BCUT2D eigenvalue weighted by molar-refractivity contribution is 0.0372. The third kappa shape index (κ3) is 3.48. The van der Waals surface area contributed by atoms with E-state index in [9.17, 15) is 0 Å². The second-order valence-electron chi connectivity index (χ2n) is 4.33. The second-order valence-corrected chi connectivity index (χ2v) is 4.77. The summed E-state index contributed by atoms with van der Waals surface area (Å²) in [5.74, 6) is 0.157. The fourth-order valence-corrected chi connectivity index (χ4v) is 2.30. The van der Waals surface area contributed by atoms with Crippen LogP contribution in [0.4, 0.5) is 0 Å². The molecule has 0 saturated carbocycles. The van der Waals surface area contributed by atoms with Crippen molar-refractivity contribution in [2.24, 2.45) is 0 Å². The Hall–Kier alpha value is -1.04. The molecule has 2 rings (SSSR count). The predicted octanol–water partition coefficient (Wildman–Crippen LogP) is 1.04. The molecule has 0 spiro atoms. The first-order valence-electron chi connectivity index (χ1n) is 6.24. The van der Waals surface area contributed by atoms with Crippen LogP contribution < -0.4 is 5.32 Å². The molecule has 0 aliphatic carbocycles. The van der Waals surface area contributed by atoms with Crippen molar-refractivity contribution in [2.75, 3.05) is 39.9 Å². The topological polar surface area (TPSA) is 37.4 Å². The third-order valence-electron chi connectivity index (χ3n) is 3.15. The van der Waals surface area contributed by atoms with Gasteiger partial charge >= 0.3 is 0 Å². The lowest BCUT2D eigenvalue weighted by atomic mass is 10.0. The maximum absolute atomic E-state index is 5.42. The molecule has 4 nitrogen and oxygen atoms in total. The number of hydrogen-bond acceptors (Lipinski definition) is 4. The maximum atomic E-state index is 5.42. The van der Waals surface area contributed by atoms with Gasteiger partial charge in [0.2, 0.25) is 0 Å². The molecule has 1 aliphatic rings. The van der Waals surface area contributed by atoms with E-state index < -0.39 is 0 Å². The molecule has 0 radical (unpaired) electrons. The van der Waals surface area contributed by atoms with Gasteiger partial charge in [-0.1, -0.05) is 18.3 Å². The summed E-state index contributed by atoms with van der Waals surface area (Å²) in [7, 11) is 1.87. The lowest BCUT2D eigenvalue weighted by Crippen LogP contribution is -2.41. The predicted molar refractivity (Wildman–Crippen MR) is 75.9 cm³/mol. The van der Waals surface area contributed by atoms with Crippen molar-refractivity contribution < 1.29 is 4.74 Å². The summed E-state index contributed by atoms with van der Waals surface area (Å²) in [6.45, 7) is 4.45. The highest BCUT2D eigenvalue weighted by Crippen LogP contribution is 2.16. The highest BCUT2D eigenvalue weighted by molar-refractivity contribution is 7.80. The first-order valence-corrected chi connectivity index (χ1v) is 6.64. The van der Waals surface area contributed by atoms with E-state index in [1.165, 1.54) is 0 Å². The van der Waals surface area contributed by atoms with Gasteiger partial charge in [0.15, 0.2) is 0 Å². The van der Waals surface area contributed by atoms with Crippen LogP contribution in [0, 0.1) is 0 Å². The lowest BCUT2D eigenvalue weighted by Gasteiger charge is -2.30. The van der Waals surface area contributed by atoms with E-state index in [0.717, 1.165) is 43.5 Å². The maximum Gasteiger partial charge on any atom is 0.0855 e. The Morgan fingerprint density at radius 3 is 2.89 bits per heavy atom. The number of aromatic nitrogens is 1. The summed E-state index contributed by atoms with van der Waals surface area (Å²) in [5, 5.41) is 3.09. The summed E-state index contributed by atoms with van der Waals surface area (Å²) < 4.78 is 5.37. The van der Waals surface area contributed by atoms with Crippen LogP contribution in [0.15, 0.2) is 24.4 Å². The zero-order valence-corrected chi connectivity index (χ0v) is 11.4. The largest absolute Gasteiger partial charge is 0.382 e. The minimum absolute atomic E-state index is 0.157. The summed E-state index contributed by atoms with van der Waals surface area (Å²) in [4.78, 5) is 7.66. The molecule has 1 fully saturated rings. The molecule has 0 bridgehead atoms. The molecule has 1 saturated heterocycles. The molecule has 0 amide bonds. The molecule has 0 aromatic carbocycles. The van der Waals surface area contributed by atoms with Crippen LogP contribution in [0.5, 0.6) is 0 Å². The van der Waals surface area contributed by atoms with E-state index in [4.69, 9.17) is 17.0 Å². The quantitative estimate of drug-likeness (QED) is 0.824. The summed E-state index contributed by atoms with van der Waals surface area (Å²) in [5.41, 5.74) is 1.03. The minimum atomic E-state index is 0.157. The van der Waals surface area contributed by atoms with Gasteiger partial charge in [0.1, 0.15) is 0 Å². The van der Waals surface area contributed by atoms with E-state index in [0.29, 0.717) is 0 Å². The van der Waals surface area contributed by atoms with Crippen LogP contribution in [0.25, 0.3) is 0 Å². The van der Waals surface area contributed by atoms with Crippen LogP contribution >= 0.6 is 12.2 Å².